The van der Waals surface area contributed by atoms with Crippen molar-refractivity contribution in [2.75, 3.05) is 5.32 Å². The molecule has 3 nitrogen and oxygen atoms in total. The quantitative estimate of drug-likeness (QED) is 0.348. The number of nitrogens with one attached hydrogen (secondary N) is 2. The summed E-state index contributed by atoms with van der Waals surface area (Å²) in [4.78, 5) is 1.79. The largest absolute Gasteiger partial charge is 0.418 e. The van der Waals surface area contributed by atoms with Crippen molar-refractivity contribution in [1.82, 2.24) is 10.2 Å². The molecule has 0 saturated carbocycles. The molecule has 180 valence electrons. The maximum Gasteiger partial charge on any atom is 0.418 e. The van der Waals surface area contributed by atoms with Gasteiger partial charge in [-0.05, 0) is 77.0 Å². The first-order valence-electron chi connectivity index (χ1n) is 10.6. The van der Waals surface area contributed by atoms with Gasteiger partial charge >= 0.3 is 6.18 Å². The highest BCUT2D eigenvalue weighted by Gasteiger charge is 2.41. The molecule has 1 heterocycles. The van der Waals surface area contributed by atoms with Crippen LogP contribution in [0.3, 0.4) is 0 Å². The molecule has 0 aliphatic carbocycles. The van der Waals surface area contributed by atoms with Gasteiger partial charge in [0.05, 0.1) is 11.3 Å². The SMILES string of the molecule is CC1(C)CC(N(Cc2ccccc2F)C(=S)Nc2cc(Cl)ccc2C(F)(F)F)CC(C)(C)N1. The van der Waals surface area contributed by atoms with E-state index in [1.807, 2.05) is 0 Å². The molecule has 0 unspecified atom stereocenters. The monoisotopic (exact) mass is 501 g/mol. The molecule has 1 fully saturated rings. The highest BCUT2D eigenvalue weighted by atomic mass is 35.5. The highest BCUT2D eigenvalue weighted by Crippen LogP contribution is 2.37. The van der Waals surface area contributed by atoms with Gasteiger partial charge in [-0.2, -0.15) is 13.2 Å². The van der Waals surface area contributed by atoms with Crippen LogP contribution >= 0.6 is 23.8 Å². The van der Waals surface area contributed by atoms with E-state index in [0.717, 1.165) is 6.07 Å². The lowest BCUT2D eigenvalue weighted by molar-refractivity contribution is -0.136. The Morgan fingerprint density at radius 1 is 1.12 bits per heavy atom. The maximum absolute atomic E-state index is 14.5. The van der Waals surface area contributed by atoms with E-state index in [2.05, 4.69) is 38.3 Å². The molecule has 1 aliphatic rings. The van der Waals surface area contributed by atoms with Gasteiger partial charge in [0.2, 0.25) is 0 Å². The third-order valence-corrected chi connectivity index (χ3v) is 6.27. The summed E-state index contributed by atoms with van der Waals surface area (Å²) >= 11 is 11.6. The summed E-state index contributed by atoms with van der Waals surface area (Å²) in [6, 6.07) is 9.51. The summed E-state index contributed by atoms with van der Waals surface area (Å²) in [5.74, 6) is -0.392. The van der Waals surface area contributed by atoms with Gasteiger partial charge in [0, 0.05) is 34.3 Å². The molecule has 0 radical (unpaired) electrons. The summed E-state index contributed by atoms with van der Waals surface area (Å²) in [5.41, 5.74) is -1.18. The van der Waals surface area contributed by atoms with Crippen molar-refractivity contribution >= 4 is 34.6 Å². The fourth-order valence-corrected chi connectivity index (χ4v) is 5.22. The second kappa shape index (κ2) is 9.39. The minimum atomic E-state index is -4.59. The molecule has 3 rings (SSSR count). The Morgan fingerprint density at radius 2 is 1.73 bits per heavy atom. The maximum atomic E-state index is 14.5. The predicted molar refractivity (Wildman–Crippen MR) is 129 cm³/mol. The molecule has 0 spiro atoms. The molecule has 2 aromatic rings. The Labute approximate surface area is 202 Å². The van der Waals surface area contributed by atoms with Crippen LogP contribution in [-0.2, 0) is 12.7 Å². The first-order chi connectivity index (χ1) is 15.2. The summed E-state index contributed by atoms with van der Waals surface area (Å²) in [6.07, 6.45) is -3.24. The van der Waals surface area contributed by atoms with Crippen LogP contribution in [0.1, 0.15) is 51.7 Å². The van der Waals surface area contributed by atoms with Crippen molar-refractivity contribution < 1.29 is 17.6 Å². The molecule has 0 aromatic heterocycles. The average Bonchev–Trinajstić information content (AvgIpc) is 2.63. The first-order valence-corrected chi connectivity index (χ1v) is 11.4. The van der Waals surface area contributed by atoms with Crippen LogP contribution in [0.2, 0.25) is 5.02 Å². The first kappa shape index (κ1) is 25.7. The second-order valence-electron chi connectivity index (χ2n) is 9.79. The molecular formula is C24H28ClF4N3S. The Morgan fingerprint density at radius 3 is 2.30 bits per heavy atom. The summed E-state index contributed by atoms with van der Waals surface area (Å²) in [6.45, 7) is 8.39. The topological polar surface area (TPSA) is 27.3 Å². The highest BCUT2D eigenvalue weighted by molar-refractivity contribution is 7.80. The van der Waals surface area contributed by atoms with E-state index in [1.54, 1.807) is 23.1 Å². The van der Waals surface area contributed by atoms with E-state index in [9.17, 15) is 17.6 Å². The third-order valence-electron chi connectivity index (χ3n) is 5.70. The zero-order valence-electron chi connectivity index (χ0n) is 19.0. The zero-order valence-corrected chi connectivity index (χ0v) is 20.6. The van der Waals surface area contributed by atoms with Crippen molar-refractivity contribution in [2.24, 2.45) is 0 Å². The van der Waals surface area contributed by atoms with Crippen LogP contribution in [0.25, 0.3) is 0 Å². The molecular weight excluding hydrogens is 474 g/mol. The van der Waals surface area contributed by atoms with Crippen LogP contribution < -0.4 is 10.6 Å². The molecule has 0 bridgehead atoms. The molecule has 2 aromatic carbocycles. The Hall–Kier alpha value is -1.90. The minimum Gasteiger partial charge on any atom is -0.341 e. The fourth-order valence-electron chi connectivity index (χ4n) is 4.72. The number of halogens is 5. The molecule has 1 saturated heterocycles. The number of benzene rings is 2. The summed E-state index contributed by atoms with van der Waals surface area (Å²) in [7, 11) is 0. The van der Waals surface area contributed by atoms with E-state index >= 15 is 0 Å². The molecule has 0 amide bonds. The zero-order chi connectivity index (χ0) is 24.6. The molecule has 9 heteroatoms. The second-order valence-corrected chi connectivity index (χ2v) is 10.6. The van der Waals surface area contributed by atoms with Crippen LogP contribution in [0.4, 0.5) is 23.2 Å². The number of rotatable bonds is 4. The van der Waals surface area contributed by atoms with Gasteiger partial charge in [-0.1, -0.05) is 29.8 Å². The summed E-state index contributed by atoms with van der Waals surface area (Å²) in [5, 5.41) is 6.58. The van der Waals surface area contributed by atoms with Crippen LogP contribution in [-0.4, -0.2) is 27.1 Å². The van der Waals surface area contributed by atoms with Crippen molar-refractivity contribution in [1.29, 1.82) is 0 Å². The molecule has 2 N–H and O–H groups in total. The van der Waals surface area contributed by atoms with Crippen molar-refractivity contribution in [2.45, 2.75) is 70.4 Å². The van der Waals surface area contributed by atoms with Crippen LogP contribution in [0.5, 0.6) is 0 Å². The van der Waals surface area contributed by atoms with Gasteiger partial charge in [0.25, 0.3) is 0 Å². The normalized spacial score (nSPS) is 18.1. The smallest absolute Gasteiger partial charge is 0.341 e. The van der Waals surface area contributed by atoms with Gasteiger partial charge < -0.3 is 15.5 Å². The third kappa shape index (κ3) is 6.58. The van der Waals surface area contributed by atoms with Gasteiger partial charge in [0.15, 0.2) is 5.11 Å². The number of alkyl halides is 3. The van der Waals surface area contributed by atoms with Gasteiger partial charge in [-0.25, -0.2) is 4.39 Å². The Bertz CT molecular complexity index is 1010. The lowest BCUT2D eigenvalue weighted by atomic mass is 9.79. The number of anilines is 1. The van der Waals surface area contributed by atoms with Crippen molar-refractivity contribution in [3.8, 4) is 0 Å². The van der Waals surface area contributed by atoms with Crippen LogP contribution in [0.15, 0.2) is 42.5 Å². The fraction of sp³-hybridized carbons (Fsp3) is 0.458. The van der Waals surface area contributed by atoms with Crippen molar-refractivity contribution in [3.05, 3.63) is 64.4 Å². The number of thiocarbonyl (C=S) groups is 1. The minimum absolute atomic E-state index is 0.0875. The van der Waals surface area contributed by atoms with Crippen molar-refractivity contribution in [3.63, 3.8) is 0 Å². The Kier molecular flexibility index (Phi) is 7.32. The number of piperidine rings is 1. The predicted octanol–water partition coefficient (Wildman–Crippen LogP) is 7.01. The average molecular weight is 502 g/mol. The molecule has 1 aliphatic heterocycles. The van der Waals surface area contributed by atoms with E-state index < -0.39 is 17.6 Å². The number of hydrogen-bond donors (Lipinski definition) is 2. The Balaban J connectivity index is 1.99. The van der Waals surface area contributed by atoms with E-state index in [-0.39, 0.29) is 39.5 Å². The molecule has 0 atom stereocenters. The summed E-state index contributed by atoms with van der Waals surface area (Å²) < 4.78 is 55.3. The van der Waals surface area contributed by atoms with E-state index in [1.165, 1.54) is 18.2 Å². The van der Waals surface area contributed by atoms with Crippen LogP contribution in [0, 0.1) is 5.82 Å². The van der Waals surface area contributed by atoms with E-state index in [4.69, 9.17) is 23.8 Å². The van der Waals surface area contributed by atoms with Gasteiger partial charge in [-0.3, -0.25) is 0 Å². The van der Waals surface area contributed by atoms with Gasteiger partial charge in [-0.15, -0.1) is 0 Å². The lowest BCUT2D eigenvalue weighted by Crippen LogP contribution is -2.63. The van der Waals surface area contributed by atoms with E-state index in [0.29, 0.717) is 18.4 Å². The van der Waals surface area contributed by atoms with Gasteiger partial charge in [0.1, 0.15) is 5.82 Å². The number of hydrogen-bond acceptors (Lipinski definition) is 2. The lowest BCUT2D eigenvalue weighted by Gasteiger charge is -2.50. The molecule has 33 heavy (non-hydrogen) atoms. The standard InChI is InChI=1S/C24H28ClF4N3S/c1-22(2)12-17(13-23(3,4)31-22)32(14-15-7-5-6-8-19(15)26)21(33)30-20-11-16(25)9-10-18(20)24(27,28)29/h5-11,17,31H,12-14H2,1-4H3,(H,30,33). The number of nitrogens with zero attached hydrogens (tertiary/aromatic N) is 1.